The largest absolute Gasteiger partial charge is 0.484 e. The third-order valence-electron chi connectivity index (χ3n) is 5.73. The fourth-order valence-electron chi connectivity index (χ4n) is 4.36. The number of rotatable bonds is 4. The highest BCUT2D eigenvalue weighted by Gasteiger charge is 2.32. The van der Waals surface area contributed by atoms with Gasteiger partial charge in [-0.25, -0.2) is 0 Å². The zero-order valence-electron chi connectivity index (χ0n) is 17.9. The number of aryl methyl sites for hydroxylation is 4. The summed E-state index contributed by atoms with van der Waals surface area (Å²) in [5.74, 6) is 0.838. The van der Waals surface area contributed by atoms with Crippen molar-refractivity contribution < 1.29 is 17.3 Å². The van der Waals surface area contributed by atoms with Crippen LogP contribution in [-0.2, 0) is 20.7 Å². The van der Waals surface area contributed by atoms with Crippen molar-refractivity contribution in [3.05, 3.63) is 81.9 Å². The van der Waals surface area contributed by atoms with Gasteiger partial charge >= 0.3 is 0 Å². The molecule has 0 spiro atoms. The van der Waals surface area contributed by atoms with E-state index in [9.17, 15) is 8.42 Å². The van der Waals surface area contributed by atoms with Crippen molar-refractivity contribution >= 4 is 10.1 Å². The van der Waals surface area contributed by atoms with E-state index in [1.54, 1.807) is 12.1 Å². The van der Waals surface area contributed by atoms with Gasteiger partial charge in [-0.1, -0.05) is 42.0 Å². The Bertz CT molecular complexity index is 1220. The van der Waals surface area contributed by atoms with Crippen LogP contribution < -0.4 is 4.74 Å². The molecule has 0 fully saturated rings. The van der Waals surface area contributed by atoms with Crippen molar-refractivity contribution in [2.45, 2.75) is 45.1 Å². The van der Waals surface area contributed by atoms with Crippen LogP contribution in [0.2, 0.25) is 0 Å². The number of hydrogen-bond acceptors (Lipinski definition) is 4. The zero-order chi connectivity index (χ0) is 21.6. The van der Waals surface area contributed by atoms with Gasteiger partial charge in [0.1, 0.15) is 16.7 Å². The summed E-state index contributed by atoms with van der Waals surface area (Å²) < 4.78 is 36.3. The van der Waals surface area contributed by atoms with E-state index < -0.39 is 10.1 Å². The van der Waals surface area contributed by atoms with Gasteiger partial charge in [-0.3, -0.25) is 4.18 Å². The lowest BCUT2D eigenvalue weighted by Gasteiger charge is -2.18. The van der Waals surface area contributed by atoms with Crippen molar-refractivity contribution in [3.63, 3.8) is 0 Å². The Morgan fingerprint density at radius 2 is 1.63 bits per heavy atom. The molecule has 1 atom stereocenters. The lowest BCUT2D eigenvalue weighted by Crippen LogP contribution is -2.12. The second kappa shape index (κ2) is 7.56. The molecule has 0 saturated heterocycles. The predicted octanol–water partition coefficient (Wildman–Crippen LogP) is 5.60. The molecule has 3 aromatic carbocycles. The summed E-state index contributed by atoms with van der Waals surface area (Å²) in [7, 11) is -2.65. The van der Waals surface area contributed by atoms with Crippen LogP contribution in [0.1, 0.15) is 39.5 Å². The number of fused-ring (bicyclic) bond motifs is 1. The normalized spacial score (nSPS) is 15.7. The van der Waals surface area contributed by atoms with Crippen LogP contribution in [0.25, 0.3) is 11.1 Å². The zero-order valence-corrected chi connectivity index (χ0v) is 18.8. The average Bonchev–Trinajstić information content (AvgIpc) is 3.11. The third-order valence-corrected chi connectivity index (χ3v) is 7.08. The van der Waals surface area contributed by atoms with E-state index in [4.69, 9.17) is 8.92 Å². The average molecular weight is 423 g/mol. The van der Waals surface area contributed by atoms with Crippen LogP contribution in [0, 0.1) is 27.7 Å². The van der Waals surface area contributed by atoms with E-state index >= 15 is 0 Å². The summed E-state index contributed by atoms with van der Waals surface area (Å²) >= 11 is 0. The molecular formula is C25H26O4S. The summed E-state index contributed by atoms with van der Waals surface area (Å²) in [5.41, 5.74) is 8.48. The van der Waals surface area contributed by atoms with E-state index in [2.05, 4.69) is 51.1 Å². The number of benzene rings is 3. The van der Waals surface area contributed by atoms with Gasteiger partial charge < -0.3 is 4.74 Å². The molecule has 0 bridgehead atoms. The summed E-state index contributed by atoms with van der Waals surface area (Å²) in [6.07, 6.45) is 0.231. The minimum atomic E-state index is -3.83. The van der Waals surface area contributed by atoms with Crippen molar-refractivity contribution in [3.8, 4) is 16.9 Å². The highest BCUT2D eigenvalue weighted by atomic mass is 32.2. The molecule has 1 unspecified atom stereocenters. The Morgan fingerprint density at radius 1 is 0.933 bits per heavy atom. The number of hydrogen-bond donors (Lipinski definition) is 0. The minimum Gasteiger partial charge on any atom is -0.484 e. The van der Waals surface area contributed by atoms with E-state index in [-0.39, 0.29) is 11.0 Å². The molecule has 0 radical (unpaired) electrons. The van der Waals surface area contributed by atoms with Gasteiger partial charge in [-0.05, 0) is 67.6 Å². The lowest BCUT2D eigenvalue weighted by atomic mass is 9.92. The second-order valence-electron chi connectivity index (χ2n) is 8.04. The van der Waals surface area contributed by atoms with E-state index in [1.807, 2.05) is 13.0 Å². The fourth-order valence-corrected chi connectivity index (χ4v) is 5.25. The van der Waals surface area contributed by atoms with Gasteiger partial charge in [0.15, 0.2) is 0 Å². The molecule has 1 aliphatic heterocycles. The first-order valence-electron chi connectivity index (χ1n) is 9.99. The van der Waals surface area contributed by atoms with Crippen molar-refractivity contribution in [2.75, 3.05) is 7.11 Å². The van der Waals surface area contributed by atoms with Crippen LogP contribution in [-0.4, -0.2) is 15.5 Å². The molecule has 0 aromatic heterocycles. The van der Waals surface area contributed by atoms with Crippen molar-refractivity contribution in [1.29, 1.82) is 0 Å². The molecule has 4 rings (SSSR count). The van der Waals surface area contributed by atoms with Crippen LogP contribution in [0.4, 0.5) is 0 Å². The molecular weight excluding hydrogens is 396 g/mol. The van der Waals surface area contributed by atoms with Crippen LogP contribution in [0.5, 0.6) is 5.75 Å². The van der Waals surface area contributed by atoms with E-state index in [0.29, 0.717) is 12.0 Å². The molecule has 0 saturated carbocycles. The van der Waals surface area contributed by atoms with Gasteiger partial charge in [0, 0.05) is 17.5 Å². The molecule has 5 heteroatoms. The first-order valence-corrected chi connectivity index (χ1v) is 11.4. The highest BCUT2D eigenvalue weighted by Crippen LogP contribution is 2.46. The first kappa shape index (κ1) is 20.6. The topological polar surface area (TPSA) is 52.6 Å². The van der Waals surface area contributed by atoms with Crippen LogP contribution >= 0.6 is 0 Å². The van der Waals surface area contributed by atoms with E-state index in [0.717, 1.165) is 28.0 Å². The molecule has 1 aliphatic rings. The third kappa shape index (κ3) is 3.53. The molecule has 1 heterocycles. The quantitative estimate of drug-likeness (QED) is 0.514. The Labute approximate surface area is 178 Å². The molecule has 3 aromatic rings. The number of ether oxygens (including phenoxy) is 1. The Hall–Kier alpha value is -2.63. The van der Waals surface area contributed by atoms with Gasteiger partial charge in [-0.2, -0.15) is 8.42 Å². The maximum atomic E-state index is 12.5. The molecule has 4 nitrogen and oxygen atoms in total. The fraction of sp³-hybridized carbons (Fsp3) is 0.280. The highest BCUT2D eigenvalue weighted by molar-refractivity contribution is 7.86. The van der Waals surface area contributed by atoms with Crippen molar-refractivity contribution in [1.82, 2.24) is 0 Å². The SMILES string of the molecule is COS(=O)(=O)c1ccc(C)cc1C1Cc2cc(C)cc(-c3c(C)cccc3C)c2O1. The van der Waals surface area contributed by atoms with Crippen LogP contribution in [0.15, 0.2) is 53.4 Å². The second-order valence-corrected chi connectivity index (χ2v) is 9.72. The maximum absolute atomic E-state index is 12.5. The standard InChI is InChI=1S/C25H26O4S/c1-15-9-10-23(30(26,27)28-5)20(12-15)22-14-19-11-16(2)13-21(25(19)29-22)24-17(3)7-6-8-18(24)4/h6-13,22H,14H2,1-5H3. The summed E-state index contributed by atoms with van der Waals surface area (Å²) in [6, 6.07) is 15.8. The van der Waals surface area contributed by atoms with Gasteiger partial charge in [-0.15, -0.1) is 0 Å². The lowest BCUT2D eigenvalue weighted by molar-refractivity contribution is 0.235. The van der Waals surface area contributed by atoms with Crippen molar-refractivity contribution in [2.24, 2.45) is 0 Å². The Balaban J connectivity index is 1.86. The van der Waals surface area contributed by atoms with Gasteiger partial charge in [0.2, 0.25) is 0 Å². The monoisotopic (exact) mass is 422 g/mol. The summed E-state index contributed by atoms with van der Waals surface area (Å²) in [4.78, 5) is 0.166. The van der Waals surface area contributed by atoms with Crippen LogP contribution in [0.3, 0.4) is 0 Å². The molecule has 30 heavy (non-hydrogen) atoms. The predicted molar refractivity (Wildman–Crippen MR) is 119 cm³/mol. The summed E-state index contributed by atoms with van der Waals surface area (Å²) in [5, 5.41) is 0. The minimum absolute atomic E-state index is 0.166. The summed E-state index contributed by atoms with van der Waals surface area (Å²) in [6.45, 7) is 8.24. The molecule has 0 amide bonds. The molecule has 0 aliphatic carbocycles. The maximum Gasteiger partial charge on any atom is 0.297 e. The van der Waals surface area contributed by atoms with Gasteiger partial charge in [0.25, 0.3) is 10.1 Å². The Morgan fingerprint density at radius 3 is 2.30 bits per heavy atom. The van der Waals surface area contributed by atoms with Gasteiger partial charge in [0.05, 0.1) is 7.11 Å². The molecule has 156 valence electrons. The molecule has 0 N–H and O–H groups in total. The van der Waals surface area contributed by atoms with E-state index in [1.165, 1.54) is 23.8 Å². The Kier molecular flexibility index (Phi) is 5.20. The first-order chi connectivity index (χ1) is 14.2. The smallest absolute Gasteiger partial charge is 0.297 e.